The van der Waals surface area contributed by atoms with Crippen molar-refractivity contribution in [2.24, 2.45) is 5.73 Å². The van der Waals surface area contributed by atoms with Crippen LogP contribution in [0.4, 0.5) is 0 Å². The van der Waals surface area contributed by atoms with Crippen LogP contribution in [0.3, 0.4) is 0 Å². The molecule has 2 fully saturated rings. The second kappa shape index (κ2) is 7.64. The van der Waals surface area contributed by atoms with E-state index in [0.717, 1.165) is 52.0 Å². The Labute approximate surface area is 144 Å². The maximum absolute atomic E-state index is 12.6. The minimum atomic E-state index is -0.665. The number of aryl methyl sites for hydroxylation is 1. The molecule has 1 aliphatic heterocycles. The van der Waals surface area contributed by atoms with Crippen molar-refractivity contribution in [3.63, 3.8) is 0 Å². The van der Waals surface area contributed by atoms with E-state index in [1.54, 1.807) is 0 Å². The molecule has 0 radical (unpaired) electrons. The number of nitrogens with one attached hydrogen (secondary N) is 1. The summed E-state index contributed by atoms with van der Waals surface area (Å²) in [5, 5.41) is 3.13. The molecule has 0 spiro atoms. The third kappa shape index (κ3) is 3.97. The molecule has 24 heavy (non-hydrogen) atoms. The molecule has 1 aliphatic carbocycles. The fraction of sp³-hybridized carbons (Fsp3) is 0.632. The van der Waals surface area contributed by atoms with Gasteiger partial charge in [0.05, 0.1) is 24.8 Å². The molecule has 3 N–H and O–H groups in total. The molecule has 1 aromatic carbocycles. The zero-order chi connectivity index (χ0) is 17.0. The van der Waals surface area contributed by atoms with Gasteiger partial charge in [-0.15, -0.1) is 0 Å². The molecule has 1 saturated heterocycles. The number of benzene rings is 1. The molecule has 0 aromatic heterocycles. The molecule has 5 heteroatoms. The van der Waals surface area contributed by atoms with Gasteiger partial charge < -0.3 is 15.8 Å². The highest BCUT2D eigenvalue weighted by molar-refractivity contribution is 5.86. The van der Waals surface area contributed by atoms with Gasteiger partial charge >= 0.3 is 0 Å². The van der Waals surface area contributed by atoms with Crippen molar-refractivity contribution in [3.05, 3.63) is 35.4 Å². The molecule has 1 saturated carbocycles. The Hall–Kier alpha value is -1.43. The zero-order valence-corrected chi connectivity index (χ0v) is 14.6. The molecule has 3 rings (SSSR count). The van der Waals surface area contributed by atoms with Gasteiger partial charge in [-0.05, 0) is 25.3 Å². The minimum Gasteiger partial charge on any atom is -0.379 e. The van der Waals surface area contributed by atoms with Crippen LogP contribution >= 0.6 is 0 Å². The number of hydrogen-bond acceptors (Lipinski definition) is 4. The number of nitrogens with zero attached hydrogens (tertiary/aromatic N) is 1. The lowest BCUT2D eigenvalue weighted by molar-refractivity contribution is -0.126. The summed E-state index contributed by atoms with van der Waals surface area (Å²) in [4.78, 5) is 15.0. The minimum absolute atomic E-state index is 0.00547. The fourth-order valence-electron chi connectivity index (χ4n) is 3.82. The van der Waals surface area contributed by atoms with Crippen LogP contribution in [0.25, 0.3) is 0 Å². The Kier molecular flexibility index (Phi) is 5.54. The molecule has 0 bridgehead atoms. The van der Waals surface area contributed by atoms with Gasteiger partial charge in [0.15, 0.2) is 0 Å². The standard InChI is InChI=1S/C19H29N3O2/c1-15-5-4-6-16(13-15)17(22-9-11-24-12-10-22)14-21-18(23)19(20)7-2-3-8-19/h4-6,13,17H,2-3,7-12,14,20H2,1H3,(H,21,23). The van der Waals surface area contributed by atoms with E-state index in [0.29, 0.717) is 6.54 Å². The highest BCUT2D eigenvalue weighted by atomic mass is 16.5. The Morgan fingerprint density at radius 3 is 2.71 bits per heavy atom. The number of carbonyl (C=O) groups is 1. The van der Waals surface area contributed by atoms with E-state index < -0.39 is 5.54 Å². The topological polar surface area (TPSA) is 67.6 Å². The van der Waals surface area contributed by atoms with E-state index in [4.69, 9.17) is 10.5 Å². The Morgan fingerprint density at radius 2 is 2.04 bits per heavy atom. The third-order valence-electron chi connectivity index (χ3n) is 5.32. The highest BCUT2D eigenvalue weighted by Crippen LogP contribution is 2.28. The first-order chi connectivity index (χ1) is 11.6. The first-order valence-corrected chi connectivity index (χ1v) is 9.04. The summed E-state index contributed by atoms with van der Waals surface area (Å²) in [5.74, 6) is 0.00547. The molecule has 1 atom stereocenters. The quantitative estimate of drug-likeness (QED) is 0.863. The normalized spacial score (nSPS) is 22.2. The molecule has 1 aromatic rings. The average Bonchev–Trinajstić information content (AvgIpc) is 3.04. The first kappa shape index (κ1) is 17.4. The summed E-state index contributed by atoms with van der Waals surface area (Å²) in [5.41, 5.74) is 8.10. The summed E-state index contributed by atoms with van der Waals surface area (Å²) in [6, 6.07) is 8.71. The van der Waals surface area contributed by atoms with Crippen LogP contribution < -0.4 is 11.1 Å². The molecule has 132 valence electrons. The molecular formula is C19H29N3O2. The van der Waals surface area contributed by atoms with E-state index in [2.05, 4.69) is 41.4 Å². The number of carbonyl (C=O) groups excluding carboxylic acids is 1. The summed E-state index contributed by atoms with van der Waals surface area (Å²) in [6.07, 6.45) is 3.69. The lowest BCUT2D eigenvalue weighted by Crippen LogP contribution is -2.54. The summed E-state index contributed by atoms with van der Waals surface area (Å²) < 4.78 is 5.48. The van der Waals surface area contributed by atoms with Crippen LogP contribution in [-0.2, 0) is 9.53 Å². The van der Waals surface area contributed by atoms with Crippen LogP contribution in [0.2, 0.25) is 0 Å². The number of ether oxygens (including phenoxy) is 1. The van der Waals surface area contributed by atoms with Gasteiger partial charge in [0.25, 0.3) is 0 Å². The van der Waals surface area contributed by atoms with Gasteiger partial charge in [0.1, 0.15) is 0 Å². The molecule has 1 amide bonds. The maximum Gasteiger partial charge on any atom is 0.240 e. The van der Waals surface area contributed by atoms with Crippen molar-refractivity contribution in [2.45, 2.75) is 44.2 Å². The molecule has 5 nitrogen and oxygen atoms in total. The second-order valence-corrected chi connectivity index (χ2v) is 7.15. The lowest BCUT2D eigenvalue weighted by Gasteiger charge is -2.35. The van der Waals surface area contributed by atoms with E-state index in [1.165, 1.54) is 11.1 Å². The van der Waals surface area contributed by atoms with Crippen LogP contribution in [0.15, 0.2) is 24.3 Å². The van der Waals surface area contributed by atoms with E-state index in [-0.39, 0.29) is 11.9 Å². The van der Waals surface area contributed by atoms with Crippen molar-refractivity contribution in [1.29, 1.82) is 0 Å². The number of rotatable bonds is 5. The summed E-state index contributed by atoms with van der Waals surface area (Å²) in [6.45, 7) is 5.98. The number of amides is 1. The van der Waals surface area contributed by atoms with Gasteiger partial charge in [-0.25, -0.2) is 0 Å². The van der Waals surface area contributed by atoms with Gasteiger partial charge in [-0.3, -0.25) is 9.69 Å². The van der Waals surface area contributed by atoms with E-state index >= 15 is 0 Å². The van der Waals surface area contributed by atoms with Crippen molar-refractivity contribution in [2.75, 3.05) is 32.8 Å². The monoisotopic (exact) mass is 331 g/mol. The van der Waals surface area contributed by atoms with Crippen LogP contribution in [0.5, 0.6) is 0 Å². The Balaban J connectivity index is 1.71. The average molecular weight is 331 g/mol. The zero-order valence-electron chi connectivity index (χ0n) is 14.6. The Bertz CT molecular complexity index is 563. The predicted octanol–water partition coefficient (Wildman–Crippen LogP) is 1.76. The van der Waals surface area contributed by atoms with Crippen LogP contribution in [0, 0.1) is 6.92 Å². The van der Waals surface area contributed by atoms with Crippen molar-refractivity contribution < 1.29 is 9.53 Å². The van der Waals surface area contributed by atoms with Crippen LogP contribution in [0.1, 0.15) is 42.9 Å². The van der Waals surface area contributed by atoms with Gasteiger partial charge in [-0.1, -0.05) is 42.7 Å². The van der Waals surface area contributed by atoms with Crippen molar-refractivity contribution >= 4 is 5.91 Å². The van der Waals surface area contributed by atoms with Gasteiger partial charge in [0.2, 0.25) is 5.91 Å². The maximum atomic E-state index is 12.6. The largest absolute Gasteiger partial charge is 0.379 e. The predicted molar refractivity (Wildman–Crippen MR) is 94.7 cm³/mol. The van der Waals surface area contributed by atoms with Crippen molar-refractivity contribution in [3.8, 4) is 0 Å². The number of nitrogens with two attached hydrogens (primary N) is 1. The molecule has 2 aliphatic rings. The Morgan fingerprint density at radius 1 is 1.33 bits per heavy atom. The number of hydrogen-bond donors (Lipinski definition) is 2. The smallest absolute Gasteiger partial charge is 0.240 e. The molecule has 1 heterocycles. The van der Waals surface area contributed by atoms with Crippen LogP contribution in [-0.4, -0.2) is 49.2 Å². The second-order valence-electron chi connectivity index (χ2n) is 7.15. The lowest BCUT2D eigenvalue weighted by atomic mass is 9.97. The fourth-order valence-corrected chi connectivity index (χ4v) is 3.82. The third-order valence-corrected chi connectivity index (χ3v) is 5.32. The van der Waals surface area contributed by atoms with E-state index in [9.17, 15) is 4.79 Å². The van der Waals surface area contributed by atoms with Crippen molar-refractivity contribution in [1.82, 2.24) is 10.2 Å². The number of morpholine rings is 1. The highest BCUT2D eigenvalue weighted by Gasteiger charge is 2.37. The summed E-state index contributed by atoms with van der Waals surface area (Å²) in [7, 11) is 0. The van der Waals surface area contributed by atoms with E-state index in [1.807, 2.05) is 0 Å². The first-order valence-electron chi connectivity index (χ1n) is 9.04. The summed E-state index contributed by atoms with van der Waals surface area (Å²) >= 11 is 0. The van der Waals surface area contributed by atoms with Gasteiger partial charge in [0, 0.05) is 19.6 Å². The van der Waals surface area contributed by atoms with Gasteiger partial charge in [-0.2, -0.15) is 0 Å². The molecule has 1 unspecified atom stereocenters. The SMILES string of the molecule is Cc1cccc(C(CNC(=O)C2(N)CCCC2)N2CCOCC2)c1. The molecular weight excluding hydrogens is 302 g/mol.